The number of carbonyl (C=O) groups excluding carboxylic acids is 1. The number of morpholine rings is 1. The van der Waals surface area contributed by atoms with Gasteiger partial charge in [-0.2, -0.15) is 4.31 Å². The predicted molar refractivity (Wildman–Crippen MR) is 83.2 cm³/mol. The first-order valence-electron chi connectivity index (χ1n) is 7.49. The molecule has 0 unspecified atom stereocenters. The fourth-order valence-corrected chi connectivity index (χ4v) is 5.61. The average Bonchev–Trinajstić information content (AvgIpc) is 3.10. The number of rotatable bonds is 3. The van der Waals surface area contributed by atoms with E-state index in [-0.39, 0.29) is 18.4 Å². The van der Waals surface area contributed by atoms with Gasteiger partial charge in [-0.1, -0.05) is 6.07 Å². The van der Waals surface area contributed by atoms with Gasteiger partial charge in [0.15, 0.2) is 0 Å². The van der Waals surface area contributed by atoms with Crippen LogP contribution in [0.2, 0.25) is 0 Å². The minimum Gasteiger partial charge on any atom is -0.378 e. The van der Waals surface area contributed by atoms with Crippen LogP contribution >= 0.6 is 11.3 Å². The summed E-state index contributed by atoms with van der Waals surface area (Å²) in [5, 5.41) is 1.76. The summed E-state index contributed by atoms with van der Waals surface area (Å²) in [4.78, 5) is 14.4. The van der Waals surface area contributed by atoms with Crippen LogP contribution in [0.1, 0.15) is 12.8 Å². The number of nitrogens with zero attached hydrogens (tertiary/aromatic N) is 2. The number of ether oxygens (including phenoxy) is 1. The van der Waals surface area contributed by atoms with Crippen molar-refractivity contribution in [1.29, 1.82) is 0 Å². The third-order valence-electron chi connectivity index (χ3n) is 4.15. The van der Waals surface area contributed by atoms with Gasteiger partial charge in [0.1, 0.15) is 4.21 Å². The van der Waals surface area contributed by atoms with Crippen LogP contribution in [0.25, 0.3) is 0 Å². The molecule has 0 aliphatic carbocycles. The van der Waals surface area contributed by atoms with Crippen molar-refractivity contribution in [3.05, 3.63) is 17.5 Å². The van der Waals surface area contributed by atoms with E-state index in [1.807, 2.05) is 0 Å². The zero-order valence-corrected chi connectivity index (χ0v) is 13.9. The summed E-state index contributed by atoms with van der Waals surface area (Å²) in [7, 11) is -3.46. The number of hydrogen-bond donors (Lipinski definition) is 0. The van der Waals surface area contributed by atoms with Crippen molar-refractivity contribution in [3.63, 3.8) is 0 Å². The minimum atomic E-state index is -3.46. The van der Waals surface area contributed by atoms with Crippen molar-refractivity contribution in [2.45, 2.75) is 17.1 Å². The normalized spacial score (nSPS) is 24.4. The Balaban J connectivity index is 1.70. The lowest BCUT2D eigenvalue weighted by Gasteiger charge is -2.35. The second-order valence-electron chi connectivity index (χ2n) is 5.57. The SMILES string of the molecule is O=C([C@H]1CCCN(S(=O)(=O)c2cccs2)C1)N1CCOCC1. The number of piperidine rings is 1. The maximum absolute atomic E-state index is 12.6. The largest absolute Gasteiger partial charge is 0.378 e. The van der Waals surface area contributed by atoms with Crippen LogP contribution in [0, 0.1) is 5.92 Å². The molecule has 3 heterocycles. The van der Waals surface area contributed by atoms with Gasteiger partial charge in [-0.05, 0) is 24.3 Å². The second-order valence-corrected chi connectivity index (χ2v) is 8.68. The molecule has 6 nitrogen and oxygen atoms in total. The summed E-state index contributed by atoms with van der Waals surface area (Å²) in [6, 6.07) is 3.35. The smallest absolute Gasteiger partial charge is 0.252 e. The van der Waals surface area contributed by atoms with Gasteiger partial charge in [0.05, 0.1) is 19.1 Å². The minimum absolute atomic E-state index is 0.0642. The second kappa shape index (κ2) is 6.66. The van der Waals surface area contributed by atoms with Crippen molar-refractivity contribution < 1.29 is 17.9 Å². The standard InChI is InChI=1S/C14H20N2O4S2/c17-14(15-6-8-20-9-7-15)12-3-1-5-16(11-12)22(18,19)13-4-2-10-21-13/h2,4,10,12H,1,3,5-9,11H2/t12-/m0/s1. The van der Waals surface area contributed by atoms with Crippen molar-refractivity contribution in [2.75, 3.05) is 39.4 Å². The number of thiophene rings is 1. The Morgan fingerprint density at radius 1 is 1.27 bits per heavy atom. The Kier molecular flexibility index (Phi) is 4.82. The van der Waals surface area contributed by atoms with Gasteiger partial charge in [-0.3, -0.25) is 4.79 Å². The Labute approximate surface area is 134 Å². The average molecular weight is 344 g/mol. The fraction of sp³-hybridized carbons (Fsp3) is 0.643. The van der Waals surface area contributed by atoms with E-state index in [1.54, 1.807) is 22.4 Å². The molecule has 0 bridgehead atoms. The monoisotopic (exact) mass is 344 g/mol. The molecule has 0 aromatic carbocycles. The van der Waals surface area contributed by atoms with E-state index >= 15 is 0 Å². The van der Waals surface area contributed by atoms with Crippen LogP contribution in [0.3, 0.4) is 0 Å². The van der Waals surface area contributed by atoms with Gasteiger partial charge in [-0.25, -0.2) is 8.42 Å². The van der Waals surface area contributed by atoms with E-state index in [1.165, 1.54) is 15.6 Å². The Morgan fingerprint density at radius 2 is 2.05 bits per heavy atom. The van der Waals surface area contributed by atoms with Crippen LogP contribution in [0.15, 0.2) is 21.7 Å². The lowest BCUT2D eigenvalue weighted by atomic mass is 9.98. The molecule has 0 radical (unpaired) electrons. The van der Waals surface area contributed by atoms with Gasteiger partial charge in [-0.15, -0.1) is 11.3 Å². The molecule has 22 heavy (non-hydrogen) atoms. The molecule has 0 N–H and O–H groups in total. The van der Waals surface area contributed by atoms with E-state index in [0.29, 0.717) is 37.1 Å². The zero-order chi connectivity index (χ0) is 15.6. The highest BCUT2D eigenvalue weighted by Gasteiger charge is 2.35. The molecular weight excluding hydrogens is 324 g/mol. The van der Waals surface area contributed by atoms with Crippen LogP contribution in [-0.2, 0) is 19.6 Å². The topological polar surface area (TPSA) is 66.9 Å². The summed E-state index contributed by atoms with van der Waals surface area (Å²) in [6.07, 6.45) is 1.48. The van der Waals surface area contributed by atoms with Crippen LogP contribution in [0.4, 0.5) is 0 Å². The van der Waals surface area contributed by atoms with Gasteiger partial charge in [0.2, 0.25) is 5.91 Å². The van der Waals surface area contributed by atoms with Crippen molar-refractivity contribution in [2.24, 2.45) is 5.92 Å². The van der Waals surface area contributed by atoms with Gasteiger partial charge in [0.25, 0.3) is 10.0 Å². The summed E-state index contributed by atoms with van der Waals surface area (Å²) in [5.41, 5.74) is 0. The highest BCUT2D eigenvalue weighted by atomic mass is 32.2. The molecule has 1 atom stereocenters. The summed E-state index contributed by atoms with van der Waals surface area (Å²) < 4.78 is 32.2. The van der Waals surface area contributed by atoms with Gasteiger partial charge >= 0.3 is 0 Å². The number of sulfonamides is 1. The molecule has 122 valence electrons. The molecular formula is C14H20N2O4S2. The van der Waals surface area contributed by atoms with E-state index in [0.717, 1.165) is 12.8 Å². The fourth-order valence-electron chi connectivity index (χ4n) is 2.94. The van der Waals surface area contributed by atoms with Gasteiger partial charge < -0.3 is 9.64 Å². The van der Waals surface area contributed by atoms with Crippen LogP contribution in [-0.4, -0.2) is 62.9 Å². The Morgan fingerprint density at radius 3 is 2.73 bits per heavy atom. The number of hydrogen-bond acceptors (Lipinski definition) is 5. The lowest BCUT2D eigenvalue weighted by molar-refractivity contribution is -0.140. The molecule has 1 aromatic rings. The molecule has 2 fully saturated rings. The number of carbonyl (C=O) groups is 1. The molecule has 1 aromatic heterocycles. The molecule has 0 saturated carbocycles. The lowest BCUT2D eigenvalue weighted by Crippen LogP contribution is -2.49. The highest BCUT2D eigenvalue weighted by Crippen LogP contribution is 2.27. The molecule has 1 amide bonds. The van der Waals surface area contributed by atoms with E-state index in [4.69, 9.17) is 4.74 Å². The summed E-state index contributed by atoms with van der Waals surface area (Å²) in [5.74, 6) is -0.170. The van der Waals surface area contributed by atoms with E-state index in [9.17, 15) is 13.2 Å². The zero-order valence-electron chi connectivity index (χ0n) is 12.3. The maximum Gasteiger partial charge on any atom is 0.252 e. The van der Waals surface area contributed by atoms with Crippen LogP contribution in [0.5, 0.6) is 0 Å². The summed E-state index contributed by atoms with van der Waals surface area (Å²) >= 11 is 1.22. The first-order valence-corrected chi connectivity index (χ1v) is 9.81. The quantitative estimate of drug-likeness (QED) is 0.821. The highest BCUT2D eigenvalue weighted by molar-refractivity contribution is 7.91. The first kappa shape index (κ1) is 15.9. The van der Waals surface area contributed by atoms with Gasteiger partial charge in [0, 0.05) is 26.2 Å². The molecule has 2 aliphatic heterocycles. The van der Waals surface area contributed by atoms with Crippen molar-refractivity contribution in [3.8, 4) is 0 Å². The van der Waals surface area contributed by atoms with E-state index in [2.05, 4.69) is 0 Å². The predicted octanol–water partition coefficient (Wildman–Crippen LogP) is 1.01. The molecule has 3 rings (SSSR count). The van der Waals surface area contributed by atoms with Crippen molar-refractivity contribution >= 4 is 27.3 Å². The Hall–Kier alpha value is -0.960. The molecule has 8 heteroatoms. The first-order chi connectivity index (χ1) is 10.6. The van der Waals surface area contributed by atoms with E-state index < -0.39 is 10.0 Å². The molecule has 2 saturated heterocycles. The third-order valence-corrected chi connectivity index (χ3v) is 7.38. The van der Waals surface area contributed by atoms with Crippen LogP contribution < -0.4 is 0 Å². The third kappa shape index (κ3) is 3.19. The molecule has 2 aliphatic rings. The summed E-state index contributed by atoms with van der Waals surface area (Å²) in [6.45, 7) is 3.12. The Bertz CT molecular complexity index is 609. The molecule has 0 spiro atoms. The number of amides is 1. The maximum atomic E-state index is 12.6. The van der Waals surface area contributed by atoms with Crippen molar-refractivity contribution in [1.82, 2.24) is 9.21 Å².